The first-order valence-electron chi connectivity index (χ1n) is 8.74. The minimum Gasteiger partial charge on any atom is -0.272 e. The zero-order valence-electron chi connectivity index (χ0n) is 15.4. The average molecular weight is 388 g/mol. The van der Waals surface area contributed by atoms with Crippen LogP contribution in [0.1, 0.15) is 33.6 Å². The van der Waals surface area contributed by atoms with Crippen LogP contribution in [0.3, 0.4) is 0 Å². The monoisotopic (exact) mass is 388 g/mol. The van der Waals surface area contributed by atoms with Crippen LogP contribution >= 0.6 is 0 Å². The van der Waals surface area contributed by atoms with Crippen LogP contribution in [0.25, 0.3) is 16.6 Å². The highest BCUT2D eigenvalue weighted by molar-refractivity contribution is 7.94. The molecule has 0 bridgehead atoms. The van der Waals surface area contributed by atoms with Gasteiger partial charge in [0.2, 0.25) is 0 Å². The van der Waals surface area contributed by atoms with Crippen molar-refractivity contribution in [1.29, 1.82) is 0 Å². The third kappa shape index (κ3) is 3.75. The largest absolute Gasteiger partial charge is 0.272 e. The number of fused-ring (bicyclic) bond motifs is 1. The molecule has 3 rings (SSSR count). The van der Waals surface area contributed by atoms with Crippen molar-refractivity contribution in [2.75, 3.05) is 0 Å². The molecule has 142 valence electrons. The van der Waals surface area contributed by atoms with Crippen LogP contribution in [-0.2, 0) is 14.5 Å². The van der Waals surface area contributed by atoms with E-state index >= 15 is 0 Å². The van der Waals surface area contributed by atoms with Gasteiger partial charge in [-0.1, -0.05) is 13.8 Å². The van der Waals surface area contributed by atoms with Gasteiger partial charge in [0.1, 0.15) is 5.82 Å². The SMILES string of the molecule is CCC(CC)S(=O)(=NC(C)=O)c1ccc2nn(-c3cncc(F)c3)cc2c1. The Morgan fingerprint density at radius 3 is 2.63 bits per heavy atom. The second-order valence-electron chi connectivity index (χ2n) is 6.27. The van der Waals surface area contributed by atoms with Crippen molar-refractivity contribution in [3.8, 4) is 5.69 Å². The third-order valence-corrected chi connectivity index (χ3v) is 7.42. The number of carbonyl (C=O) groups excluding carboxylic acids is 1. The van der Waals surface area contributed by atoms with Crippen LogP contribution < -0.4 is 0 Å². The summed E-state index contributed by atoms with van der Waals surface area (Å²) in [6.45, 7) is 5.20. The Hall–Kier alpha value is -2.61. The summed E-state index contributed by atoms with van der Waals surface area (Å²) in [6.07, 6.45) is 5.65. The van der Waals surface area contributed by atoms with E-state index in [1.807, 2.05) is 13.8 Å². The first kappa shape index (κ1) is 19.2. The molecular formula is C19H21FN4O2S. The van der Waals surface area contributed by atoms with Gasteiger partial charge < -0.3 is 0 Å². The van der Waals surface area contributed by atoms with E-state index in [1.165, 1.54) is 23.9 Å². The first-order chi connectivity index (χ1) is 12.9. The normalized spacial score (nSPS) is 13.7. The fourth-order valence-corrected chi connectivity index (χ4v) is 5.58. The van der Waals surface area contributed by atoms with Gasteiger partial charge in [-0.3, -0.25) is 9.78 Å². The molecule has 0 aliphatic rings. The van der Waals surface area contributed by atoms with Crippen LogP contribution in [0.4, 0.5) is 4.39 Å². The molecule has 0 N–H and O–H groups in total. The number of pyridine rings is 1. The molecule has 6 nitrogen and oxygen atoms in total. The number of halogens is 1. The lowest BCUT2D eigenvalue weighted by atomic mass is 10.2. The zero-order valence-corrected chi connectivity index (χ0v) is 16.2. The van der Waals surface area contributed by atoms with E-state index in [4.69, 9.17) is 0 Å². The second kappa shape index (κ2) is 7.56. The Bertz CT molecular complexity index is 1110. The van der Waals surface area contributed by atoms with Crippen molar-refractivity contribution in [2.24, 2.45) is 4.36 Å². The average Bonchev–Trinajstić information content (AvgIpc) is 3.05. The summed E-state index contributed by atoms with van der Waals surface area (Å²) in [5.74, 6) is -0.904. The van der Waals surface area contributed by atoms with Crippen LogP contribution in [0.5, 0.6) is 0 Å². The molecule has 0 saturated heterocycles. The maximum Gasteiger partial charge on any atom is 0.250 e. The minimum atomic E-state index is -2.90. The van der Waals surface area contributed by atoms with Gasteiger partial charge in [-0.2, -0.15) is 9.46 Å². The van der Waals surface area contributed by atoms with Crippen molar-refractivity contribution in [3.05, 3.63) is 48.7 Å². The van der Waals surface area contributed by atoms with Gasteiger partial charge in [-0.05, 0) is 31.0 Å². The lowest BCUT2D eigenvalue weighted by molar-refractivity contribution is -0.115. The lowest BCUT2D eigenvalue weighted by Crippen LogP contribution is -2.20. The fourth-order valence-electron chi connectivity index (χ4n) is 3.10. The molecule has 8 heteroatoms. The van der Waals surface area contributed by atoms with Gasteiger partial charge in [0.25, 0.3) is 5.91 Å². The maximum atomic E-state index is 13.7. The molecule has 0 aliphatic heterocycles. The maximum absolute atomic E-state index is 13.7. The van der Waals surface area contributed by atoms with Gasteiger partial charge in [-0.15, -0.1) is 0 Å². The molecule has 1 amide bonds. The van der Waals surface area contributed by atoms with E-state index in [0.717, 1.165) is 11.6 Å². The smallest absolute Gasteiger partial charge is 0.250 e. The molecule has 2 heterocycles. The molecule has 3 aromatic rings. The number of hydrogen-bond acceptors (Lipinski definition) is 4. The van der Waals surface area contributed by atoms with Crippen LogP contribution in [0, 0.1) is 5.82 Å². The van der Waals surface area contributed by atoms with Crippen LogP contribution in [0.15, 0.2) is 52.1 Å². The molecule has 1 unspecified atom stereocenters. The fraction of sp³-hybridized carbons (Fsp3) is 0.316. The summed E-state index contributed by atoms with van der Waals surface area (Å²) in [6, 6.07) is 6.53. The van der Waals surface area contributed by atoms with Gasteiger partial charge >= 0.3 is 0 Å². The molecule has 1 atom stereocenters. The van der Waals surface area contributed by atoms with E-state index in [2.05, 4.69) is 14.4 Å². The van der Waals surface area contributed by atoms with Gasteiger partial charge in [0.05, 0.1) is 33.3 Å². The van der Waals surface area contributed by atoms with Crippen LogP contribution in [-0.4, -0.2) is 30.1 Å². The van der Waals surface area contributed by atoms with Crippen molar-refractivity contribution in [1.82, 2.24) is 14.8 Å². The summed E-state index contributed by atoms with van der Waals surface area (Å²) >= 11 is 0. The summed E-state index contributed by atoms with van der Waals surface area (Å²) in [7, 11) is -2.90. The van der Waals surface area contributed by atoms with E-state index in [-0.39, 0.29) is 5.25 Å². The van der Waals surface area contributed by atoms with Crippen molar-refractivity contribution in [3.63, 3.8) is 0 Å². The zero-order chi connectivity index (χ0) is 19.6. The number of amides is 1. The molecule has 0 aliphatic carbocycles. The van der Waals surface area contributed by atoms with E-state index < -0.39 is 21.5 Å². The van der Waals surface area contributed by atoms with Gasteiger partial charge in [-0.25, -0.2) is 13.3 Å². The number of aromatic nitrogens is 3. The summed E-state index contributed by atoms with van der Waals surface area (Å²) in [5.41, 5.74) is 1.15. The summed E-state index contributed by atoms with van der Waals surface area (Å²) in [4.78, 5) is 16.0. The standard InChI is InChI=1S/C19H21FN4O2S/c1-4-17(5-2)27(26,23-13(3)25)18-6-7-19-14(8-18)12-24(22-19)16-9-15(20)10-21-11-16/h6-12,17H,4-5H2,1-3H3. The van der Waals surface area contributed by atoms with Crippen LogP contribution in [0.2, 0.25) is 0 Å². The minimum absolute atomic E-state index is 0.221. The predicted molar refractivity (Wildman–Crippen MR) is 103 cm³/mol. The van der Waals surface area contributed by atoms with Crippen molar-refractivity contribution < 1.29 is 13.4 Å². The molecular weight excluding hydrogens is 367 g/mol. The molecule has 0 spiro atoms. The Balaban J connectivity index is 2.15. The summed E-state index contributed by atoms with van der Waals surface area (Å²) in [5, 5.41) is 4.92. The molecule has 27 heavy (non-hydrogen) atoms. The molecule has 2 aromatic heterocycles. The predicted octanol–water partition coefficient (Wildman–Crippen LogP) is 4.12. The van der Waals surface area contributed by atoms with E-state index in [0.29, 0.717) is 28.9 Å². The third-order valence-electron chi connectivity index (χ3n) is 4.40. The quantitative estimate of drug-likeness (QED) is 0.659. The molecule has 0 radical (unpaired) electrons. The van der Waals surface area contributed by atoms with E-state index in [1.54, 1.807) is 24.4 Å². The highest BCUT2D eigenvalue weighted by atomic mass is 32.2. The number of nitrogens with zero attached hydrogens (tertiary/aromatic N) is 4. The Kier molecular flexibility index (Phi) is 5.36. The number of hydrogen-bond donors (Lipinski definition) is 0. The Labute approximate surface area is 157 Å². The number of benzene rings is 1. The molecule has 0 fully saturated rings. The highest BCUT2D eigenvalue weighted by Gasteiger charge is 2.24. The molecule has 0 saturated carbocycles. The van der Waals surface area contributed by atoms with Gasteiger partial charge in [0.15, 0.2) is 0 Å². The summed E-state index contributed by atoms with van der Waals surface area (Å²) < 4.78 is 32.6. The number of rotatable bonds is 5. The van der Waals surface area contributed by atoms with E-state index in [9.17, 15) is 13.4 Å². The highest BCUT2D eigenvalue weighted by Crippen LogP contribution is 2.27. The first-order valence-corrected chi connectivity index (χ1v) is 10.3. The molecule has 1 aromatic carbocycles. The van der Waals surface area contributed by atoms with Crippen molar-refractivity contribution >= 4 is 26.5 Å². The number of carbonyl (C=O) groups is 1. The second-order valence-corrected chi connectivity index (χ2v) is 8.73. The Morgan fingerprint density at radius 2 is 2.00 bits per heavy atom. The topological polar surface area (TPSA) is 77.2 Å². The van der Waals surface area contributed by atoms with Gasteiger partial charge in [0, 0.05) is 34.7 Å². The Morgan fingerprint density at radius 1 is 1.26 bits per heavy atom. The lowest BCUT2D eigenvalue weighted by Gasteiger charge is -2.18. The van der Waals surface area contributed by atoms with Crippen molar-refractivity contribution in [2.45, 2.75) is 43.8 Å².